The molecule has 2 rings (SSSR count). The summed E-state index contributed by atoms with van der Waals surface area (Å²) < 4.78 is 26.8. The van der Waals surface area contributed by atoms with Crippen LogP contribution in [0.15, 0.2) is 30.3 Å². The third-order valence-corrected chi connectivity index (χ3v) is 5.55. The van der Waals surface area contributed by atoms with E-state index in [-0.39, 0.29) is 11.8 Å². The normalized spacial score (nSPS) is 17.8. The largest absolute Gasteiger partial charge is 0.317 e. The minimum atomic E-state index is -3.22. The fourth-order valence-electron chi connectivity index (χ4n) is 2.64. The summed E-state index contributed by atoms with van der Waals surface area (Å²) in [5.41, 5.74) is 0.856. The van der Waals surface area contributed by atoms with Crippen molar-refractivity contribution < 1.29 is 8.42 Å². The monoisotopic (exact) mass is 282 g/mol. The summed E-state index contributed by atoms with van der Waals surface area (Å²) >= 11 is 0. The molecule has 0 unspecified atom stereocenters. The van der Waals surface area contributed by atoms with Crippen LogP contribution < -0.4 is 5.32 Å². The van der Waals surface area contributed by atoms with Crippen molar-refractivity contribution >= 4 is 10.0 Å². The van der Waals surface area contributed by atoms with Crippen LogP contribution in [0.4, 0.5) is 0 Å². The second kappa shape index (κ2) is 6.50. The van der Waals surface area contributed by atoms with Crippen LogP contribution in [0.1, 0.15) is 25.3 Å². The lowest BCUT2D eigenvalue weighted by molar-refractivity contribution is 0.270. The summed E-state index contributed by atoms with van der Waals surface area (Å²) in [6, 6.07) is 9.56. The molecule has 19 heavy (non-hydrogen) atoms. The molecule has 0 amide bonds. The Morgan fingerprint density at radius 1 is 1.21 bits per heavy atom. The molecule has 0 radical (unpaired) electrons. The number of piperidine rings is 1. The van der Waals surface area contributed by atoms with Gasteiger partial charge in [-0.25, -0.2) is 8.42 Å². The van der Waals surface area contributed by atoms with Crippen LogP contribution in [0.3, 0.4) is 0 Å². The molecule has 0 aliphatic carbocycles. The molecule has 0 saturated carbocycles. The lowest BCUT2D eigenvalue weighted by atomic mass is 10.1. The van der Waals surface area contributed by atoms with Crippen LogP contribution in [0.2, 0.25) is 0 Å². The van der Waals surface area contributed by atoms with Crippen molar-refractivity contribution in [1.82, 2.24) is 9.62 Å². The van der Waals surface area contributed by atoms with Crippen molar-refractivity contribution in [3.63, 3.8) is 0 Å². The molecule has 1 aromatic carbocycles. The summed E-state index contributed by atoms with van der Waals surface area (Å²) in [5.74, 6) is 0.103. The maximum Gasteiger partial charge on any atom is 0.218 e. The smallest absolute Gasteiger partial charge is 0.218 e. The van der Waals surface area contributed by atoms with Crippen LogP contribution in [-0.2, 0) is 15.8 Å². The molecule has 1 saturated heterocycles. The van der Waals surface area contributed by atoms with Gasteiger partial charge in [0.1, 0.15) is 0 Å². The summed E-state index contributed by atoms with van der Waals surface area (Å²) in [4.78, 5) is 0. The minimum absolute atomic E-state index is 0.103. The molecule has 1 aliphatic rings. The zero-order chi connectivity index (χ0) is 13.7. The van der Waals surface area contributed by atoms with E-state index in [1.54, 1.807) is 4.31 Å². The molecule has 0 aromatic heterocycles. The maximum atomic E-state index is 12.5. The Hall–Kier alpha value is -0.910. The topological polar surface area (TPSA) is 49.4 Å². The van der Waals surface area contributed by atoms with E-state index < -0.39 is 10.0 Å². The molecule has 1 fully saturated rings. The highest BCUT2D eigenvalue weighted by Gasteiger charge is 2.29. The quantitative estimate of drug-likeness (QED) is 0.892. The lowest BCUT2D eigenvalue weighted by Crippen LogP contribution is -2.46. The van der Waals surface area contributed by atoms with Crippen molar-refractivity contribution in [3.8, 4) is 0 Å². The summed E-state index contributed by atoms with van der Waals surface area (Å²) in [7, 11) is -3.22. The number of sulfonamides is 1. The van der Waals surface area contributed by atoms with E-state index >= 15 is 0 Å². The van der Waals surface area contributed by atoms with Crippen LogP contribution in [0, 0.1) is 0 Å². The second-order valence-electron chi connectivity index (χ2n) is 4.93. The van der Waals surface area contributed by atoms with E-state index in [1.165, 1.54) is 0 Å². The highest BCUT2D eigenvalue weighted by Crippen LogP contribution is 2.19. The van der Waals surface area contributed by atoms with Gasteiger partial charge in [0.2, 0.25) is 10.0 Å². The molecular weight excluding hydrogens is 260 g/mol. The summed E-state index contributed by atoms with van der Waals surface area (Å²) in [6.07, 6.45) is 1.81. The Morgan fingerprint density at radius 3 is 2.42 bits per heavy atom. The first kappa shape index (κ1) is 14.5. The number of hydrogen-bond acceptors (Lipinski definition) is 3. The zero-order valence-electron chi connectivity index (χ0n) is 11.4. The second-order valence-corrected chi connectivity index (χ2v) is 6.85. The van der Waals surface area contributed by atoms with Gasteiger partial charge in [-0.05, 0) is 31.5 Å². The fourth-order valence-corrected chi connectivity index (χ4v) is 4.48. The number of hydrogen-bond donors (Lipinski definition) is 1. The molecule has 0 spiro atoms. The molecular formula is C14H22N2O2S. The number of benzene rings is 1. The van der Waals surface area contributed by atoms with Gasteiger partial charge in [-0.3, -0.25) is 0 Å². The van der Waals surface area contributed by atoms with E-state index in [9.17, 15) is 8.42 Å². The first-order chi connectivity index (χ1) is 9.13. The highest BCUT2D eigenvalue weighted by molar-refractivity contribution is 7.88. The van der Waals surface area contributed by atoms with Crippen molar-refractivity contribution in [2.45, 2.75) is 31.6 Å². The minimum Gasteiger partial charge on any atom is -0.317 e. The third kappa shape index (κ3) is 3.78. The first-order valence-electron chi connectivity index (χ1n) is 6.87. The van der Waals surface area contributed by atoms with E-state index in [0.717, 1.165) is 31.5 Å². The van der Waals surface area contributed by atoms with Gasteiger partial charge in [0.05, 0.1) is 5.75 Å². The Morgan fingerprint density at radius 2 is 1.84 bits per heavy atom. The highest BCUT2D eigenvalue weighted by atomic mass is 32.2. The number of nitrogens with zero attached hydrogens (tertiary/aromatic N) is 1. The Kier molecular flexibility index (Phi) is 4.96. The van der Waals surface area contributed by atoms with Crippen LogP contribution >= 0.6 is 0 Å². The first-order valence-corrected chi connectivity index (χ1v) is 8.48. The summed E-state index contributed by atoms with van der Waals surface area (Å²) in [6.45, 7) is 4.29. The van der Waals surface area contributed by atoms with Gasteiger partial charge in [-0.1, -0.05) is 37.3 Å². The molecule has 0 atom stereocenters. The van der Waals surface area contributed by atoms with Gasteiger partial charge >= 0.3 is 0 Å². The molecule has 1 heterocycles. The molecule has 1 aliphatic heterocycles. The van der Waals surface area contributed by atoms with E-state index in [1.807, 2.05) is 37.3 Å². The predicted molar refractivity (Wildman–Crippen MR) is 77.3 cm³/mol. The molecule has 0 bridgehead atoms. The average molecular weight is 282 g/mol. The Labute approximate surface area is 115 Å². The Balaban J connectivity index is 2.11. The molecule has 5 heteroatoms. The third-order valence-electron chi connectivity index (χ3n) is 3.58. The van der Waals surface area contributed by atoms with Gasteiger partial charge in [-0.15, -0.1) is 0 Å². The lowest BCUT2D eigenvalue weighted by Gasteiger charge is -2.33. The standard InChI is InChI=1S/C14H22N2O2S/c1-2-16(14-8-10-15-11-9-14)19(17,18)12-13-6-4-3-5-7-13/h3-7,14-15H,2,8-12H2,1H3. The van der Waals surface area contributed by atoms with Crippen LogP contribution in [0.25, 0.3) is 0 Å². The van der Waals surface area contributed by atoms with Gasteiger partial charge in [0.25, 0.3) is 0 Å². The predicted octanol–water partition coefficient (Wildman–Crippen LogP) is 1.59. The molecule has 106 valence electrons. The van der Waals surface area contributed by atoms with Crippen LogP contribution in [-0.4, -0.2) is 38.4 Å². The zero-order valence-corrected chi connectivity index (χ0v) is 12.2. The van der Waals surface area contributed by atoms with Crippen molar-refractivity contribution in [2.75, 3.05) is 19.6 Å². The van der Waals surface area contributed by atoms with Gasteiger partial charge in [-0.2, -0.15) is 4.31 Å². The fraction of sp³-hybridized carbons (Fsp3) is 0.571. The van der Waals surface area contributed by atoms with E-state index in [2.05, 4.69) is 5.32 Å². The molecule has 1 N–H and O–H groups in total. The van der Waals surface area contributed by atoms with Gasteiger partial charge in [0, 0.05) is 12.6 Å². The number of nitrogens with one attached hydrogen (secondary N) is 1. The van der Waals surface area contributed by atoms with Gasteiger partial charge < -0.3 is 5.32 Å². The molecule has 1 aromatic rings. The van der Waals surface area contributed by atoms with Crippen molar-refractivity contribution in [3.05, 3.63) is 35.9 Å². The maximum absolute atomic E-state index is 12.5. The SMILES string of the molecule is CCN(C1CCNCC1)S(=O)(=O)Cc1ccccc1. The average Bonchev–Trinajstić information content (AvgIpc) is 2.41. The summed E-state index contributed by atoms with van der Waals surface area (Å²) in [5, 5.41) is 3.27. The van der Waals surface area contributed by atoms with E-state index in [4.69, 9.17) is 0 Å². The number of rotatable bonds is 5. The van der Waals surface area contributed by atoms with Gasteiger partial charge in [0.15, 0.2) is 0 Å². The Bertz CT molecular complexity index is 481. The van der Waals surface area contributed by atoms with Crippen molar-refractivity contribution in [2.24, 2.45) is 0 Å². The van der Waals surface area contributed by atoms with Crippen molar-refractivity contribution in [1.29, 1.82) is 0 Å². The van der Waals surface area contributed by atoms with Crippen LogP contribution in [0.5, 0.6) is 0 Å². The molecule has 4 nitrogen and oxygen atoms in total. The van der Waals surface area contributed by atoms with E-state index in [0.29, 0.717) is 6.54 Å².